The molecule has 0 saturated carbocycles. The molecule has 1 saturated heterocycles. The number of hydrogen-bond acceptors (Lipinski definition) is 3. The fraction of sp³-hybridized carbons (Fsp3) is 0.500. The van der Waals surface area contributed by atoms with Gasteiger partial charge in [0.1, 0.15) is 0 Å². The Balaban J connectivity index is 1.70. The number of carbonyl (C=O) groups is 2. The van der Waals surface area contributed by atoms with Gasteiger partial charge in [0.25, 0.3) is 5.91 Å². The molecule has 5 heteroatoms. The van der Waals surface area contributed by atoms with Gasteiger partial charge in [-0.15, -0.1) is 0 Å². The fourth-order valence-corrected chi connectivity index (χ4v) is 3.16. The average molecular weight is 287 g/mol. The quantitative estimate of drug-likeness (QED) is 0.839. The standard InChI is InChI=1S/C16H21N3O2/c17-15(20)12-4-7-19(8-5-12)16(21)13-2-1-11-3-6-18-10-14(11)9-13/h1-2,9,12,18H,3-8,10H2,(H2,17,20). The second kappa shape index (κ2) is 5.85. The molecule has 2 aliphatic rings. The van der Waals surface area contributed by atoms with Gasteiger partial charge in [-0.2, -0.15) is 0 Å². The van der Waals surface area contributed by atoms with E-state index in [1.807, 2.05) is 17.0 Å². The van der Waals surface area contributed by atoms with Crippen LogP contribution < -0.4 is 11.1 Å². The molecule has 0 radical (unpaired) electrons. The highest BCUT2D eigenvalue weighted by atomic mass is 16.2. The minimum atomic E-state index is -0.248. The summed E-state index contributed by atoms with van der Waals surface area (Å²) in [6.07, 6.45) is 2.37. The molecule has 0 bridgehead atoms. The number of primary amides is 1. The Morgan fingerprint density at radius 1 is 1.19 bits per heavy atom. The second-order valence-electron chi connectivity index (χ2n) is 5.88. The average Bonchev–Trinajstić information content (AvgIpc) is 2.54. The normalized spacial score (nSPS) is 19.1. The van der Waals surface area contributed by atoms with Crippen molar-refractivity contribution in [1.29, 1.82) is 0 Å². The number of hydrogen-bond donors (Lipinski definition) is 2. The SMILES string of the molecule is NC(=O)C1CCN(C(=O)c2ccc3c(c2)CNCC3)CC1. The number of nitrogens with zero attached hydrogens (tertiary/aromatic N) is 1. The predicted molar refractivity (Wildman–Crippen MR) is 79.7 cm³/mol. The highest BCUT2D eigenvalue weighted by molar-refractivity contribution is 5.94. The van der Waals surface area contributed by atoms with Crippen molar-refractivity contribution in [2.75, 3.05) is 19.6 Å². The van der Waals surface area contributed by atoms with Gasteiger partial charge in [-0.3, -0.25) is 9.59 Å². The zero-order valence-electron chi connectivity index (χ0n) is 12.1. The minimum Gasteiger partial charge on any atom is -0.369 e. The van der Waals surface area contributed by atoms with Crippen LogP contribution in [0.5, 0.6) is 0 Å². The minimum absolute atomic E-state index is 0.0614. The van der Waals surface area contributed by atoms with Crippen molar-refractivity contribution in [3.63, 3.8) is 0 Å². The van der Waals surface area contributed by atoms with Crippen LogP contribution >= 0.6 is 0 Å². The van der Waals surface area contributed by atoms with Crippen molar-refractivity contribution in [3.05, 3.63) is 34.9 Å². The third-order valence-corrected chi connectivity index (χ3v) is 4.52. The zero-order chi connectivity index (χ0) is 14.8. The van der Waals surface area contributed by atoms with Gasteiger partial charge in [0, 0.05) is 31.1 Å². The van der Waals surface area contributed by atoms with E-state index in [9.17, 15) is 9.59 Å². The maximum absolute atomic E-state index is 12.6. The van der Waals surface area contributed by atoms with Gasteiger partial charge in [0.05, 0.1) is 0 Å². The Morgan fingerprint density at radius 3 is 2.67 bits per heavy atom. The highest BCUT2D eigenvalue weighted by Gasteiger charge is 2.26. The van der Waals surface area contributed by atoms with Crippen LogP contribution in [0.4, 0.5) is 0 Å². The van der Waals surface area contributed by atoms with Gasteiger partial charge >= 0.3 is 0 Å². The Bertz CT molecular complexity index is 563. The zero-order valence-corrected chi connectivity index (χ0v) is 12.1. The van der Waals surface area contributed by atoms with E-state index in [0.717, 1.165) is 25.1 Å². The number of benzene rings is 1. The highest BCUT2D eigenvalue weighted by Crippen LogP contribution is 2.21. The summed E-state index contributed by atoms with van der Waals surface area (Å²) in [5.41, 5.74) is 8.62. The molecule has 1 aromatic rings. The first-order valence-corrected chi connectivity index (χ1v) is 7.56. The molecule has 3 rings (SSSR count). The number of nitrogens with two attached hydrogens (primary N) is 1. The largest absolute Gasteiger partial charge is 0.369 e. The first-order valence-electron chi connectivity index (χ1n) is 7.56. The summed E-state index contributed by atoms with van der Waals surface area (Å²) in [5.74, 6) is -0.268. The molecule has 0 unspecified atom stereocenters. The smallest absolute Gasteiger partial charge is 0.253 e. The monoisotopic (exact) mass is 287 g/mol. The summed E-state index contributed by atoms with van der Waals surface area (Å²) in [7, 11) is 0. The number of likely N-dealkylation sites (tertiary alicyclic amines) is 1. The molecule has 3 N–H and O–H groups in total. The van der Waals surface area contributed by atoms with E-state index in [1.165, 1.54) is 11.1 Å². The first-order chi connectivity index (χ1) is 10.1. The molecule has 0 aromatic heterocycles. The summed E-state index contributed by atoms with van der Waals surface area (Å²) in [6.45, 7) is 3.06. The maximum Gasteiger partial charge on any atom is 0.253 e. The van der Waals surface area contributed by atoms with Crippen LogP contribution in [0.3, 0.4) is 0 Å². The summed E-state index contributed by atoms with van der Waals surface area (Å²) < 4.78 is 0. The number of piperidine rings is 1. The molecule has 0 spiro atoms. The van der Waals surface area contributed by atoms with Crippen LogP contribution in [-0.4, -0.2) is 36.3 Å². The van der Waals surface area contributed by atoms with E-state index in [4.69, 9.17) is 5.73 Å². The number of carbonyl (C=O) groups excluding carboxylic acids is 2. The lowest BCUT2D eigenvalue weighted by Gasteiger charge is -2.31. The topological polar surface area (TPSA) is 75.4 Å². The van der Waals surface area contributed by atoms with E-state index in [-0.39, 0.29) is 17.7 Å². The van der Waals surface area contributed by atoms with Crippen molar-refractivity contribution in [1.82, 2.24) is 10.2 Å². The van der Waals surface area contributed by atoms with Crippen LogP contribution in [0.25, 0.3) is 0 Å². The summed E-state index contributed by atoms with van der Waals surface area (Å²) in [5, 5.41) is 3.33. The molecule has 1 aromatic carbocycles. The van der Waals surface area contributed by atoms with E-state index in [2.05, 4.69) is 11.4 Å². The summed E-state index contributed by atoms with van der Waals surface area (Å²) >= 11 is 0. The van der Waals surface area contributed by atoms with Gasteiger partial charge in [0.2, 0.25) is 5.91 Å². The molecule has 0 aliphatic carbocycles. The fourth-order valence-electron chi connectivity index (χ4n) is 3.16. The number of nitrogens with one attached hydrogen (secondary N) is 1. The molecule has 1 fully saturated rings. The van der Waals surface area contributed by atoms with E-state index >= 15 is 0 Å². The molecule has 21 heavy (non-hydrogen) atoms. The molecule has 0 atom stereocenters. The van der Waals surface area contributed by atoms with Gasteiger partial charge in [0.15, 0.2) is 0 Å². The molecule has 2 heterocycles. The first kappa shape index (κ1) is 14.1. The van der Waals surface area contributed by atoms with Crippen LogP contribution in [0.2, 0.25) is 0 Å². The number of amides is 2. The van der Waals surface area contributed by atoms with Gasteiger partial charge in [-0.25, -0.2) is 0 Å². The molecular weight excluding hydrogens is 266 g/mol. The van der Waals surface area contributed by atoms with Crippen LogP contribution in [-0.2, 0) is 17.8 Å². The van der Waals surface area contributed by atoms with Gasteiger partial charge in [-0.05, 0) is 49.1 Å². The van der Waals surface area contributed by atoms with Gasteiger partial charge < -0.3 is 16.0 Å². The lowest BCUT2D eigenvalue weighted by Crippen LogP contribution is -2.41. The van der Waals surface area contributed by atoms with E-state index in [1.54, 1.807) is 0 Å². The summed E-state index contributed by atoms with van der Waals surface area (Å²) in [6, 6.07) is 6.00. The van der Waals surface area contributed by atoms with Crippen molar-refractivity contribution in [2.45, 2.75) is 25.8 Å². The lowest BCUT2D eigenvalue weighted by atomic mass is 9.95. The van der Waals surface area contributed by atoms with Crippen LogP contribution in [0.15, 0.2) is 18.2 Å². The molecule has 2 amide bonds. The number of fused-ring (bicyclic) bond motifs is 1. The Kier molecular flexibility index (Phi) is 3.92. The maximum atomic E-state index is 12.6. The predicted octanol–water partition coefficient (Wildman–Crippen LogP) is 0.670. The lowest BCUT2D eigenvalue weighted by molar-refractivity contribution is -0.123. The second-order valence-corrected chi connectivity index (χ2v) is 5.88. The number of rotatable bonds is 2. The van der Waals surface area contributed by atoms with Crippen molar-refractivity contribution in [3.8, 4) is 0 Å². The molecule has 112 valence electrons. The van der Waals surface area contributed by atoms with Crippen LogP contribution in [0.1, 0.15) is 34.3 Å². The third kappa shape index (κ3) is 2.93. The Hall–Kier alpha value is -1.88. The Labute approximate surface area is 124 Å². The third-order valence-electron chi connectivity index (χ3n) is 4.52. The molecular formula is C16H21N3O2. The van der Waals surface area contributed by atoms with Crippen LogP contribution in [0, 0.1) is 5.92 Å². The van der Waals surface area contributed by atoms with Crippen molar-refractivity contribution >= 4 is 11.8 Å². The van der Waals surface area contributed by atoms with Crippen molar-refractivity contribution < 1.29 is 9.59 Å². The molecule has 2 aliphatic heterocycles. The van der Waals surface area contributed by atoms with E-state index in [0.29, 0.717) is 25.9 Å². The summed E-state index contributed by atoms with van der Waals surface area (Å²) in [4.78, 5) is 25.6. The Morgan fingerprint density at radius 2 is 1.95 bits per heavy atom. The van der Waals surface area contributed by atoms with E-state index < -0.39 is 0 Å². The molecule has 5 nitrogen and oxygen atoms in total. The van der Waals surface area contributed by atoms with Gasteiger partial charge in [-0.1, -0.05) is 6.07 Å². The van der Waals surface area contributed by atoms with Crippen molar-refractivity contribution in [2.24, 2.45) is 11.7 Å².